The average molecular weight is 190 g/mol. The molecule has 0 amide bonds. The molecule has 1 aliphatic heterocycles. The van der Waals surface area contributed by atoms with Crippen molar-refractivity contribution in [2.24, 2.45) is 0 Å². The predicted octanol–water partition coefficient (Wildman–Crippen LogP) is 2.88. The molecule has 0 aliphatic carbocycles. The maximum absolute atomic E-state index is 6.20. The van der Waals surface area contributed by atoms with Crippen molar-refractivity contribution in [1.29, 1.82) is 0 Å². The van der Waals surface area contributed by atoms with Gasteiger partial charge in [0.15, 0.2) is 0 Å². The van der Waals surface area contributed by atoms with E-state index in [-0.39, 0.29) is 0 Å². The first-order chi connectivity index (χ1) is 5.75. The SMILES string of the molecule is CCCCN1CCCC(Cl)C1C. The van der Waals surface area contributed by atoms with E-state index >= 15 is 0 Å². The first-order valence-corrected chi connectivity index (χ1v) is 5.57. The highest BCUT2D eigenvalue weighted by Crippen LogP contribution is 2.22. The van der Waals surface area contributed by atoms with Crippen molar-refractivity contribution in [2.75, 3.05) is 13.1 Å². The Morgan fingerprint density at radius 1 is 1.50 bits per heavy atom. The number of hydrogen-bond acceptors (Lipinski definition) is 1. The van der Waals surface area contributed by atoms with Gasteiger partial charge in [-0.2, -0.15) is 0 Å². The quantitative estimate of drug-likeness (QED) is 0.618. The van der Waals surface area contributed by atoms with Gasteiger partial charge in [0.2, 0.25) is 0 Å². The fraction of sp³-hybridized carbons (Fsp3) is 1.00. The lowest BCUT2D eigenvalue weighted by molar-refractivity contribution is 0.162. The van der Waals surface area contributed by atoms with Crippen molar-refractivity contribution >= 4 is 11.6 Å². The molecule has 2 heteroatoms. The van der Waals surface area contributed by atoms with E-state index < -0.39 is 0 Å². The Kier molecular flexibility index (Phi) is 4.38. The van der Waals surface area contributed by atoms with E-state index in [1.165, 1.54) is 38.8 Å². The summed E-state index contributed by atoms with van der Waals surface area (Å²) in [4.78, 5) is 2.53. The Morgan fingerprint density at radius 2 is 2.25 bits per heavy atom. The normalized spacial score (nSPS) is 32.2. The smallest absolute Gasteiger partial charge is 0.0489 e. The molecule has 12 heavy (non-hydrogen) atoms. The van der Waals surface area contributed by atoms with E-state index in [1.807, 2.05) is 0 Å². The molecule has 1 fully saturated rings. The molecule has 0 aromatic rings. The van der Waals surface area contributed by atoms with Crippen LogP contribution in [0.25, 0.3) is 0 Å². The molecule has 0 bridgehead atoms. The first kappa shape index (κ1) is 10.3. The summed E-state index contributed by atoms with van der Waals surface area (Å²) in [6.45, 7) is 6.99. The second kappa shape index (κ2) is 5.08. The van der Waals surface area contributed by atoms with Gasteiger partial charge in [-0.3, -0.25) is 4.90 Å². The van der Waals surface area contributed by atoms with Crippen molar-refractivity contribution in [1.82, 2.24) is 4.90 Å². The van der Waals surface area contributed by atoms with Crippen molar-refractivity contribution < 1.29 is 0 Å². The molecular formula is C10H20ClN. The van der Waals surface area contributed by atoms with Gasteiger partial charge in [-0.05, 0) is 39.3 Å². The number of unbranched alkanes of at least 4 members (excludes halogenated alkanes) is 1. The maximum atomic E-state index is 6.20. The minimum atomic E-state index is 0.385. The largest absolute Gasteiger partial charge is 0.299 e. The van der Waals surface area contributed by atoms with Crippen LogP contribution in [-0.4, -0.2) is 29.4 Å². The van der Waals surface area contributed by atoms with E-state index in [4.69, 9.17) is 11.6 Å². The number of halogens is 1. The summed E-state index contributed by atoms with van der Waals surface area (Å²) in [5.41, 5.74) is 0. The van der Waals surface area contributed by atoms with Crippen LogP contribution in [0.4, 0.5) is 0 Å². The van der Waals surface area contributed by atoms with E-state index in [1.54, 1.807) is 0 Å². The second-order valence-electron chi connectivity index (χ2n) is 3.79. The van der Waals surface area contributed by atoms with Crippen molar-refractivity contribution in [3.8, 4) is 0 Å². The zero-order chi connectivity index (χ0) is 8.97. The molecule has 0 saturated carbocycles. The summed E-state index contributed by atoms with van der Waals surface area (Å²) >= 11 is 6.20. The minimum absolute atomic E-state index is 0.385. The highest BCUT2D eigenvalue weighted by Gasteiger charge is 2.25. The maximum Gasteiger partial charge on any atom is 0.0489 e. The van der Waals surface area contributed by atoms with Crippen LogP contribution in [0, 0.1) is 0 Å². The van der Waals surface area contributed by atoms with Crippen LogP contribution in [0.1, 0.15) is 39.5 Å². The fourth-order valence-electron chi connectivity index (χ4n) is 1.84. The van der Waals surface area contributed by atoms with Gasteiger partial charge in [-0.1, -0.05) is 13.3 Å². The van der Waals surface area contributed by atoms with Crippen LogP contribution in [0.2, 0.25) is 0 Å². The highest BCUT2D eigenvalue weighted by molar-refractivity contribution is 6.21. The van der Waals surface area contributed by atoms with Gasteiger partial charge in [0.1, 0.15) is 0 Å². The molecule has 0 aromatic heterocycles. The van der Waals surface area contributed by atoms with Crippen LogP contribution >= 0.6 is 11.6 Å². The summed E-state index contributed by atoms with van der Waals surface area (Å²) in [5, 5.41) is 0.385. The van der Waals surface area contributed by atoms with Gasteiger partial charge >= 0.3 is 0 Å². The van der Waals surface area contributed by atoms with Crippen LogP contribution in [-0.2, 0) is 0 Å². The number of hydrogen-bond donors (Lipinski definition) is 0. The monoisotopic (exact) mass is 189 g/mol. The van der Waals surface area contributed by atoms with Gasteiger partial charge in [0.25, 0.3) is 0 Å². The molecule has 2 unspecified atom stereocenters. The number of likely N-dealkylation sites (tertiary alicyclic amines) is 1. The fourth-order valence-corrected chi connectivity index (χ4v) is 2.15. The van der Waals surface area contributed by atoms with Gasteiger partial charge in [-0.15, -0.1) is 11.6 Å². The molecule has 1 nitrogen and oxygen atoms in total. The summed E-state index contributed by atoms with van der Waals surface area (Å²) in [7, 11) is 0. The number of nitrogens with zero attached hydrogens (tertiary/aromatic N) is 1. The summed E-state index contributed by atoms with van der Waals surface area (Å²) in [6.07, 6.45) is 5.08. The van der Waals surface area contributed by atoms with Gasteiger partial charge < -0.3 is 0 Å². The van der Waals surface area contributed by atoms with Crippen molar-refractivity contribution in [2.45, 2.75) is 50.9 Å². The molecular weight excluding hydrogens is 170 g/mol. The van der Waals surface area contributed by atoms with E-state index in [0.29, 0.717) is 11.4 Å². The van der Waals surface area contributed by atoms with Gasteiger partial charge in [0.05, 0.1) is 0 Å². The molecule has 1 heterocycles. The Labute approximate surface area is 81.1 Å². The topological polar surface area (TPSA) is 3.24 Å². The van der Waals surface area contributed by atoms with Crippen LogP contribution in [0.15, 0.2) is 0 Å². The summed E-state index contributed by atoms with van der Waals surface area (Å²) < 4.78 is 0. The molecule has 1 saturated heterocycles. The molecule has 1 aliphatic rings. The molecule has 2 atom stereocenters. The van der Waals surface area contributed by atoms with E-state index in [0.717, 1.165) is 0 Å². The van der Waals surface area contributed by atoms with Gasteiger partial charge in [0, 0.05) is 11.4 Å². The van der Waals surface area contributed by atoms with Crippen molar-refractivity contribution in [3.05, 3.63) is 0 Å². The Bertz CT molecular complexity index is 127. The third-order valence-electron chi connectivity index (χ3n) is 2.82. The highest BCUT2D eigenvalue weighted by atomic mass is 35.5. The Morgan fingerprint density at radius 3 is 2.92 bits per heavy atom. The molecule has 0 N–H and O–H groups in total. The van der Waals surface area contributed by atoms with Gasteiger partial charge in [-0.25, -0.2) is 0 Å². The minimum Gasteiger partial charge on any atom is -0.299 e. The van der Waals surface area contributed by atoms with Crippen molar-refractivity contribution in [3.63, 3.8) is 0 Å². The van der Waals surface area contributed by atoms with E-state index in [2.05, 4.69) is 18.7 Å². The molecule has 72 valence electrons. The molecule has 0 aromatic carbocycles. The molecule has 1 rings (SSSR count). The number of alkyl halides is 1. The number of piperidine rings is 1. The van der Waals surface area contributed by atoms with Crippen LogP contribution in [0.3, 0.4) is 0 Å². The summed E-state index contributed by atoms with van der Waals surface area (Å²) in [6, 6.07) is 0.590. The standard InChI is InChI=1S/C10H20ClN/c1-3-4-7-12-8-5-6-10(11)9(12)2/h9-10H,3-8H2,1-2H3. The Hall–Kier alpha value is 0.250. The second-order valence-corrected chi connectivity index (χ2v) is 4.35. The Balaban J connectivity index is 2.30. The van der Waals surface area contributed by atoms with E-state index in [9.17, 15) is 0 Å². The molecule has 0 spiro atoms. The number of rotatable bonds is 3. The zero-order valence-corrected chi connectivity index (χ0v) is 8.98. The predicted molar refractivity (Wildman–Crippen MR) is 54.8 cm³/mol. The lowest BCUT2D eigenvalue weighted by atomic mass is 10.0. The third kappa shape index (κ3) is 2.63. The molecule has 0 radical (unpaired) electrons. The van der Waals surface area contributed by atoms with Crippen LogP contribution in [0.5, 0.6) is 0 Å². The summed E-state index contributed by atoms with van der Waals surface area (Å²) in [5.74, 6) is 0. The lowest BCUT2D eigenvalue weighted by Crippen LogP contribution is -2.44. The third-order valence-corrected chi connectivity index (χ3v) is 3.41. The average Bonchev–Trinajstić information content (AvgIpc) is 2.08. The van der Waals surface area contributed by atoms with Crippen LogP contribution < -0.4 is 0 Å². The first-order valence-electron chi connectivity index (χ1n) is 5.13. The zero-order valence-electron chi connectivity index (χ0n) is 8.22. The lowest BCUT2D eigenvalue weighted by Gasteiger charge is -2.36.